The van der Waals surface area contributed by atoms with Crippen LogP contribution in [0.5, 0.6) is 5.88 Å². The summed E-state index contributed by atoms with van der Waals surface area (Å²) in [4.78, 5) is 37.3. The molecule has 0 radical (unpaired) electrons. The van der Waals surface area contributed by atoms with Gasteiger partial charge in [-0.15, -0.1) is 0 Å². The highest BCUT2D eigenvalue weighted by Crippen LogP contribution is 2.34. The molecule has 0 bridgehead atoms. The van der Waals surface area contributed by atoms with Crippen LogP contribution in [0.15, 0.2) is 18.5 Å². The summed E-state index contributed by atoms with van der Waals surface area (Å²) in [7, 11) is 3.41. The smallest absolute Gasteiger partial charge is 0.256 e. The monoisotopic (exact) mass is 383 g/mol. The zero-order valence-electron chi connectivity index (χ0n) is 16.7. The van der Waals surface area contributed by atoms with Crippen LogP contribution >= 0.6 is 0 Å². The third kappa shape index (κ3) is 3.02. The van der Waals surface area contributed by atoms with Crippen molar-refractivity contribution in [1.29, 1.82) is 0 Å². The van der Waals surface area contributed by atoms with Crippen molar-refractivity contribution in [3.8, 4) is 17.3 Å². The van der Waals surface area contributed by atoms with Crippen LogP contribution in [0.3, 0.4) is 0 Å². The fourth-order valence-electron chi connectivity index (χ4n) is 4.02. The molecule has 2 aromatic rings. The van der Waals surface area contributed by atoms with E-state index in [2.05, 4.69) is 9.97 Å². The molecule has 0 saturated carbocycles. The van der Waals surface area contributed by atoms with Gasteiger partial charge in [-0.25, -0.2) is 9.97 Å². The van der Waals surface area contributed by atoms with E-state index in [1.807, 2.05) is 37.7 Å². The number of pyridine rings is 1. The quantitative estimate of drug-likeness (QED) is 0.786. The minimum Gasteiger partial charge on any atom is -0.480 e. The summed E-state index contributed by atoms with van der Waals surface area (Å²) in [6.07, 6.45) is 4.16. The van der Waals surface area contributed by atoms with Crippen molar-refractivity contribution in [3.05, 3.63) is 29.7 Å². The van der Waals surface area contributed by atoms with Crippen LogP contribution in [0.25, 0.3) is 11.4 Å². The number of amides is 2. The summed E-state index contributed by atoms with van der Waals surface area (Å²) in [5.74, 6) is 1.55. The summed E-state index contributed by atoms with van der Waals surface area (Å²) in [6.45, 7) is 5.89. The molecule has 2 aliphatic rings. The average molecular weight is 383 g/mol. The summed E-state index contributed by atoms with van der Waals surface area (Å²) in [5, 5.41) is 0. The van der Waals surface area contributed by atoms with Crippen molar-refractivity contribution in [2.24, 2.45) is 5.92 Å². The molecule has 148 valence electrons. The first kappa shape index (κ1) is 18.5. The number of carbonyl (C=O) groups excluding carboxylic acids is 2. The number of carbonyl (C=O) groups is 2. The van der Waals surface area contributed by atoms with Crippen LogP contribution in [0.1, 0.15) is 36.3 Å². The Hall–Kier alpha value is -2.90. The molecule has 4 rings (SSSR count). The van der Waals surface area contributed by atoms with E-state index in [1.54, 1.807) is 23.1 Å². The molecule has 8 heteroatoms. The van der Waals surface area contributed by atoms with Gasteiger partial charge in [0.15, 0.2) is 0 Å². The number of fused-ring (bicyclic) bond motifs is 1. The van der Waals surface area contributed by atoms with Crippen molar-refractivity contribution in [2.45, 2.75) is 39.4 Å². The molecule has 0 aromatic carbocycles. The molecular weight excluding hydrogens is 358 g/mol. The number of methoxy groups -OCH3 is 1. The molecule has 4 heterocycles. The van der Waals surface area contributed by atoms with Crippen molar-refractivity contribution in [2.75, 3.05) is 20.7 Å². The van der Waals surface area contributed by atoms with E-state index < -0.39 is 0 Å². The highest BCUT2D eigenvalue weighted by atomic mass is 16.5. The normalized spacial score (nSPS) is 19.1. The number of rotatable bonds is 5. The Morgan fingerprint density at radius 3 is 2.71 bits per heavy atom. The van der Waals surface area contributed by atoms with E-state index in [1.165, 1.54) is 0 Å². The Balaban J connectivity index is 1.69. The van der Waals surface area contributed by atoms with Crippen LogP contribution in [0.4, 0.5) is 0 Å². The molecule has 2 aliphatic heterocycles. The molecule has 8 nitrogen and oxygen atoms in total. The first-order chi connectivity index (χ1) is 13.4. The summed E-state index contributed by atoms with van der Waals surface area (Å²) in [6, 6.07) is 1.95. The van der Waals surface area contributed by atoms with E-state index in [0.717, 1.165) is 12.2 Å². The number of aromatic nitrogens is 3. The maximum Gasteiger partial charge on any atom is 0.256 e. The predicted molar refractivity (Wildman–Crippen MR) is 103 cm³/mol. The fourth-order valence-corrected chi connectivity index (χ4v) is 4.02. The Morgan fingerprint density at radius 1 is 1.29 bits per heavy atom. The topological polar surface area (TPSA) is 80.6 Å². The molecule has 2 amide bonds. The van der Waals surface area contributed by atoms with Crippen LogP contribution in [0.2, 0.25) is 0 Å². The molecule has 0 N–H and O–H groups in total. The van der Waals surface area contributed by atoms with Gasteiger partial charge in [0.1, 0.15) is 5.82 Å². The minimum atomic E-state index is -0.0116. The Morgan fingerprint density at radius 2 is 2.07 bits per heavy atom. The lowest BCUT2D eigenvalue weighted by atomic mass is 10.1. The Kier molecular flexibility index (Phi) is 4.56. The fraction of sp³-hybridized carbons (Fsp3) is 0.500. The van der Waals surface area contributed by atoms with Gasteiger partial charge in [0.2, 0.25) is 11.8 Å². The molecule has 2 aromatic heterocycles. The van der Waals surface area contributed by atoms with Crippen molar-refractivity contribution in [1.82, 2.24) is 24.3 Å². The van der Waals surface area contributed by atoms with Gasteiger partial charge < -0.3 is 19.1 Å². The molecule has 0 aliphatic carbocycles. The van der Waals surface area contributed by atoms with Crippen LogP contribution < -0.4 is 4.74 Å². The lowest BCUT2D eigenvalue weighted by molar-refractivity contribution is -0.126. The first-order valence-corrected chi connectivity index (χ1v) is 9.53. The maximum atomic E-state index is 12.8. The third-order valence-electron chi connectivity index (χ3n) is 5.53. The summed E-state index contributed by atoms with van der Waals surface area (Å²) in [5.41, 5.74) is 2.04. The summed E-state index contributed by atoms with van der Waals surface area (Å²) >= 11 is 0. The standard InChI is InChI=1S/C20H25N5O3/c1-12(2)25-11-16-14(20(25)27)8-15(19(22-16)28-4)18-21-5-6-24(18)10-13-7-17(26)23(3)9-13/h5-6,8,12-13H,7,9-11H2,1-4H3. The Bertz CT molecular complexity index is 936. The lowest BCUT2D eigenvalue weighted by Gasteiger charge is -2.19. The van der Waals surface area contributed by atoms with Gasteiger partial charge >= 0.3 is 0 Å². The van der Waals surface area contributed by atoms with E-state index >= 15 is 0 Å². The molecule has 1 atom stereocenters. The molecule has 28 heavy (non-hydrogen) atoms. The Labute approximate surface area is 164 Å². The number of hydrogen-bond donors (Lipinski definition) is 0. The van der Waals surface area contributed by atoms with Crippen LogP contribution in [-0.2, 0) is 17.9 Å². The van der Waals surface area contributed by atoms with Crippen LogP contribution in [0, 0.1) is 5.92 Å². The second-order valence-electron chi connectivity index (χ2n) is 7.81. The first-order valence-electron chi connectivity index (χ1n) is 9.53. The number of ether oxygens (including phenoxy) is 1. The molecule has 1 fully saturated rings. The number of likely N-dealkylation sites (tertiary alicyclic amines) is 1. The van der Waals surface area contributed by atoms with Crippen molar-refractivity contribution in [3.63, 3.8) is 0 Å². The molecule has 0 spiro atoms. The summed E-state index contributed by atoms with van der Waals surface area (Å²) < 4.78 is 7.54. The second kappa shape index (κ2) is 6.92. The van der Waals surface area contributed by atoms with Gasteiger partial charge in [0.25, 0.3) is 5.91 Å². The van der Waals surface area contributed by atoms with Crippen molar-refractivity contribution < 1.29 is 14.3 Å². The molecular formula is C20H25N5O3. The van der Waals surface area contributed by atoms with Gasteiger partial charge in [-0.05, 0) is 19.9 Å². The van der Waals surface area contributed by atoms with Gasteiger partial charge in [-0.3, -0.25) is 9.59 Å². The molecule has 1 saturated heterocycles. The maximum absolute atomic E-state index is 12.8. The number of hydrogen-bond acceptors (Lipinski definition) is 5. The van der Waals surface area contributed by atoms with Gasteiger partial charge in [0, 0.05) is 50.9 Å². The third-order valence-corrected chi connectivity index (χ3v) is 5.53. The number of nitrogens with zero attached hydrogens (tertiary/aromatic N) is 5. The highest BCUT2D eigenvalue weighted by molar-refractivity contribution is 5.99. The van der Waals surface area contributed by atoms with E-state index in [4.69, 9.17) is 4.74 Å². The average Bonchev–Trinajstić information content (AvgIpc) is 3.33. The van der Waals surface area contributed by atoms with Gasteiger partial charge in [-0.2, -0.15) is 0 Å². The molecule has 1 unspecified atom stereocenters. The largest absolute Gasteiger partial charge is 0.480 e. The second-order valence-corrected chi connectivity index (χ2v) is 7.81. The van der Waals surface area contributed by atoms with Gasteiger partial charge in [0.05, 0.1) is 30.5 Å². The minimum absolute atomic E-state index is 0.0116. The highest BCUT2D eigenvalue weighted by Gasteiger charge is 2.33. The number of imidazole rings is 1. The zero-order valence-corrected chi connectivity index (χ0v) is 16.7. The predicted octanol–water partition coefficient (Wildman–Crippen LogP) is 1.80. The van der Waals surface area contributed by atoms with E-state index in [9.17, 15) is 9.59 Å². The zero-order chi connectivity index (χ0) is 20.0. The van der Waals surface area contributed by atoms with E-state index in [0.29, 0.717) is 42.3 Å². The van der Waals surface area contributed by atoms with Crippen LogP contribution in [-0.4, -0.2) is 62.9 Å². The van der Waals surface area contributed by atoms with E-state index in [-0.39, 0.29) is 23.8 Å². The van der Waals surface area contributed by atoms with Gasteiger partial charge in [-0.1, -0.05) is 0 Å². The SMILES string of the molecule is COc1nc2c(cc1-c1nccn1CC1CC(=O)N(C)C1)C(=O)N(C(C)C)C2. The van der Waals surface area contributed by atoms with Crippen molar-refractivity contribution >= 4 is 11.8 Å². The lowest BCUT2D eigenvalue weighted by Crippen LogP contribution is -2.30.